The zero-order valence-corrected chi connectivity index (χ0v) is 14.6. The fourth-order valence-corrected chi connectivity index (χ4v) is 6.58. The van der Waals surface area contributed by atoms with E-state index in [1.807, 2.05) is 0 Å². The average molecular weight is 403 g/mol. The predicted molar refractivity (Wildman–Crippen MR) is 80.8 cm³/mol. The highest BCUT2D eigenvalue weighted by Crippen LogP contribution is 2.39. The van der Waals surface area contributed by atoms with E-state index in [-0.39, 0.29) is 10.8 Å². The second-order valence-electron chi connectivity index (χ2n) is 4.80. The molecule has 1 aliphatic rings. The molecule has 1 N–H and O–H groups in total. The first kappa shape index (κ1) is 16.2. The van der Waals surface area contributed by atoms with Gasteiger partial charge in [-0.2, -0.15) is 4.31 Å². The Balaban J connectivity index is 2.49. The van der Waals surface area contributed by atoms with E-state index in [1.54, 1.807) is 0 Å². The van der Waals surface area contributed by atoms with Gasteiger partial charge in [0.05, 0.1) is 8.81 Å². The molecule has 0 bridgehead atoms. The molecule has 2 heterocycles. The number of piperidine rings is 1. The van der Waals surface area contributed by atoms with Crippen molar-refractivity contribution in [3.63, 3.8) is 0 Å². The molecule has 0 radical (unpaired) electrons. The first-order valence-corrected chi connectivity index (χ1v) is 9.33. The van der Waals surface area contributed by atoms with E-state index in [9.17, 15) is 18.3 Å². The summed E-state index contributed by atoms with van der Waals surface area (Å²) in [5.74, 6) is -1.12. The van der Waals surface area contributed by atoms with Crippen LogP contribution < -0.4 is 0 Å². The summed E-state index contributed by atoms with van der Waals surface area (Å²) in [5, 5.41) is 9.71. The zero-order valence-electron chi connectivity index (χ0n) is 10.6. The summed E-state index contributed by atoms with van der Waals surface area (Å²) in [7, 11) is -3.86. The molecule has 9 heteroatoms. The maximum Gasteiger partial charge on any atom is 0.324 e. The van der Waals surface area contributed by atoms with Crippen LogP contribution in [0.5, 0.6) is 0 Å². The van der Waals surface area contributed by atoms with Crippen LogP contribution in [0.4, 0.5) is 0 Å². The molecule has 112 valence electrons. The third kappa shape index (κ3) is 2.64. The molecule has 1 aromatic rings. The van der Waals surface area contributed by atoms with Crippen molar-refractivity contribution in [1.29, 1.82) is 0 Å². The van der Waals surface area contributed by atoms with E-state index in [0.717, 1.165) is 15.6 Å². The van der Waals surface area contributed by atoms with Crippen LogP contribution in [0.3, 0.4) is 0 Å². The lowest BCUT2D eigenvalue weighted by molar-refractivity contribution is -0.149. The van der Waals surface area contributed by atoms with E-state index in [0.29, 0.717) is 28.1 Å². The molecule has 1 saturated heterocycles. The van der Waals surface area contributed by atoms with Crippen molar-refractivity contribution < 1.29 is 18.3 Å². The third-order valence-corrected chi connectivity index (χ3v) is 8.40. The van der Waals surface area contributed by atoms with Gasteiger partial charge in [-0.15, -0.1) is 11.3 Å². The number of carboxylic acids is 1. The molecule has 0 aromatic carbocycles. The van der Waals surface area contributed by atoms with E-state index in [2.05, 4.69) is 15.9 Å². The Kier molecular flexibility index (Phi) is 4.52. The fraction of sp³-hybridized carbons (Fsp3) is 0.545. The van der Waals surface area contributed by atoms with E-state index in [1.165, 1.54) is 13.0 Å². The quantitative estimate of drug-likeness (QED) is 0.842. The number of carboxylic acid groups (broad SMARTS) is 1. The van der Waals surface area contributed by atoms with Crippen molar-refractivity contribution in [3.05, 3.63) is 14.9 Å². The minimum Gasteiger partial charge on any atom is -0.480 e. The highest BCUT2D eigenvalue weighted by atomic mass is 79.9. The number of halogens is 2. The normalized spacial score (nSPS) is 24.8. The van der Waals surface area contributed by atoms with Gasteiger partial charge < -0.3 is 5.11 Å². The van der Waals surface area contributed by atoms with Crippen molar-refractivity contribution in [2.45, 2.75) is 35.9 Å². The lowest BCUT2D eigenvalue weighted by atomic mass is 9.91. The highest BCUT2D eigenvalue weighted by Gasteiger charge is 2.48. The van der Waals surface area contributed by atoms with Crippen LogP contribution >= 0.6 is 38.9 Å². The first-order chi connectivity index (χ1) is 9.19. The standard InChI is InChI=1S/C11H13BrClNO4S2/c1-11(10(15)16)4-2-3-5-14(11)20(17,18)8-6-7(13)9(12)19-8/h6H,2-5H2,1H3,(H,15,16). The largest absolute Gasteiger partial charge is 0.480 e. The van der Waals surface area contributed by atoms with E-state index < -0.39 is 21.5 Å². The predicted octanol–water partition coefficient (Wildman–Crippen LogP) is 3.18. The summed E-state index contributed by atoms with van der Waals surface area (Å²) in [6.45, 7) is 1.66. The molecule has 1 atom stereocenters. The van der Waals surface area contributed by atoms with Crippen molar-refractivity contribution >= 4 is 54.9 Å². The summed E-state index contributed by atoms with van der Waals surface area (Å²) in [4.78, 5) is 11.5. The van der Waals surface area contributed by atoms with Crippen LogP contribution in [-0.4, -0.2) is 35.9 Å². The minimum atomic E-state index is -3.86. The van der Waals surface area contributed by atoms with Crippen molar-refractivity contribution in [3.8, 4) is 0 Å². The minimum absolute atomic E-state index is 0.0590. The molecule has 1 aromatic heterocycles. The zero-order chi connectivity index (χ0) is 15.1. The summed E-state index contributed by atoms with van der Waals surface area (Å²) in [5.41, 5.74) is -1.40. The Morgan fingerprint density at radius 1 is 1.55 bits per heavy atom. The summed E-state index contributed by atoms with van der Waals surface area (Å²) in [6, 6.07) is 1.35. The van der Waals surface area contributed by atoms with Gasteiger partial charge in [-0.25, -0.2) is 8.42 Å². The number of aliphatic carboxylic acids is 1. The molecule has 2 rings (SSSR count). The van der Waals surface area contributed by atoms with Crippen molar-refractivity contribution in [1.82, 2.24) is 4.31 Å². The smallest absolute Gasteiger partial charge is 0.324 e. The van der Waals surface area contributed by atoms with Crippen molar-refractivity contribution in [2.24, 2.45) is 0 Å². The molecular formula is C11H13BrClNO4S2. The summed E-state index contributed by atoms with van der Waals surface area (Å²) in [6.07, 6.45) is 1.66. The average Bonchev–Trinajstić information content (AvgIpc) is 2.70. The molecule has 0 amide bonds. The molecule has 0 spiro atoms. The lowest BCUT2D eigenvalue weighted by Crippen LogP contribution is -2.57. The number of nitrogens with zero attached hydrogens (tertiary/aromatic N) is 1. The molecule has 0 aliphatic carbocycles. The topological polar surface area (TPSA) is 74.7 Å². The van der Waals surface area contributed by atoms with Gasteiger partial charge in [0.1, 0.15) is 9.75 Å². The summed E-state index contributed by atoms with van der Waals surface area (Å²) >= 11 is 10.0. The van der Waals surface area contributed by atoms with Gasteiger partial charge in [-0.1, -0.05) is 11.6 Å². The molecule has 0 saturated carbocycles. The molecule has 1 aliphatic heterocycles. The van der Waals surface area contributed by atoms with Gasteiger partial charge in [-0.05, 0) is 48.2 Å². The van der Waals surface area contributed by atoms with Gasteiger partial charge >= 0.3 is 5.97 Å². The SMILES string of the molecule is CC1(C(=O)O)CCCCN1S(=O)(=O)c1cc(Cl)c(Br)s1. The van der Waals surface area contributed by atoms with Gasteiger partial charge in [0.15, 0.2) is 0 Å². The number of sulfonamides is 1. The molecule has 1 unspecified atom stereocenters. The number of hydrogen-bond acceptors (Lipinski definition) is 4. The molecule has 5 nitrogen and oxygen atoms in total. The number of hydrogen-bond donors (Lipinski definition) is 1. The van der Waals surface area contributed by atoms with E-state index >= 15 is 0 Å². The molecule has 20 heavy (non-hydrogen) atoms. The number of thiophene rings is 1. The van der Waals surface area contributed by atoms with Gasteiger partial charge in [0, 0.05) is 6.54 Å². The Hall–Kier alpha value is -0.150. The Morgan fingerprint density at radius 2 is 2.20 bits per heavy atom. The molecule has 1 fully saturated rings. The van der Waals surface area contributed by atoms with Crippen LogP contribution in [0.25, 0.3) is 0 Å². The van der Waals surface area contributed by atoms with E-state index in [4.69, 9.17) is 11.6 Å². The summed E-state index contributed by atoms with van der Waals surface area (Å²) < 4.78 is 27.0. The van der Waals surface area contributed by atoms with Crippen LogP contribution in [0.2, 0.25) is 5.02 Å². The maximum atomic E-state index is 12.7. The number of carbonyl (C=O) groups is 1. The maximum absolute atomic E-state index is 12.7. The highest BCUT2D eigenvalue weighted by molar-refractivity contribution is 9.11. The Morgan fingerprint density at radius 3 is 2.70 bits per heavy atom. The van der Waals surface area contributed by atoms with Gasteiger partial charge in [-0.3, -0.25) is 4.79 Å². The van der Waals surface area contributed by atoms with Crippen LogP contribution in [0.15, 0.2) is 14.1 Å². The number of rotatable bonds is 3. The third-order valence-electron chi connectivity index (χ3n) is 3.45. The van der Waals surface area contributed by atoms with Gasteiger partial charge in [0.25, 0.3) is 10.0 Å². The lowest BCUT2D eigenvalue weighted by Gasteiger charge is -2.39. The monoisotopic (exact) mass is 401 g/mol. The Bertz CT molecular complexity index is 625. The van der Waals surface area contributed by atoms with Crippen molar-refractivity contribution in [2.75, 3.05) is 6.54 Å². The second kappa shape index (κ2) is 5.57. The molecular weight excluding hydrogens is 390 g/mol. The van der Waals surface area contributed by atoms with Crippen LogP contribution in [0.1, 0.15) is 26.2 Å². The first-order valence-electron chi connectivity index (χ1n) is 5.90. The van der Waals surface area contributed by atoms with Gasteiger partial charge in [0.2, 0.25) is 0 Å². The van der Waals surface area contributed by atoms with Crippen LogP contribution in [0, 0.1) is 0 Å². The fourth-order valence-electron chi connectivity index (χ4n) is 2.26. The van der Waals surface area contributed by atoms with Crippen LogP contribution in [-0.2, 0) is 14.8 Å². The second-order valence-corrected chi connectivity index (χ2v) is 9.67. The Labute approximate surface area is 134 Å².